The lowest BCUT2D eigenvalue weighted by Crippen LogP contribution is -2.05. The lowest BCUT2D eigenvalue weighted by Gasteiger charge is -2.23. The highest BCUT2D eigenvalue weighted by Gasteiger charge is 2.22. The summed E-state index contributed by atoms with van der Waals surface area (Å²) in [5.41, 5.74) is 9.16. The number of hydrogen-bond donors (Lipinski definition) is 0. The zero-order valence-corrected chi connectivity index (χ0v) is 26.6. The zero-order valence-electron chi connectivity index (χ0n) is 24.6. The van der Waals surface area contributed by atoms with E-state index < -0.39 is 0 Å². The molecule has 0 aromatic heterocycles. The molecule has 4 aromatic rings. The van der Waals surface area contributed by atoms with Gasteiger partial charge in [-0.25, -0.2) is 0 Å². The molecule has 0 amide bonds. The maximum Gasteiger partial charge on any atom is 0.275 e. The summed E-state index contributed by atoms with van der Waals surface area (Å²) in [6.07, 6.45) is 1.83. The smallest absolute Gasteiger partial charge is 0.275 e. The van der Waals surface area contributed by atoms with Gasteiger partial charge >= 0.3 is 0 Å². The molecule has 0 aliphatic rings. The van der Waals surface area contributed by atoms with Crippen molar-refractivity contribution in [2.75, 3.05) is 0 Å². The van der Waals surface area contributed by atoms with Gasteiger partial charge in [-0.1, -0.05) is 92.6 Å². The van der Waals surface area contributed by atoms with E-state index in [1.807, 2.05) is 36.4 Å². The lowest BCUT2D eigenvalue weighted by molar-refractivity contribution is 0.499. The fourth-order valence-electron chi connectivity index (χ4n) is 5.07. The molecule has 210 valence electrons. The number of para-hydroxylation sites is 2. The maximum atomic E-state index is 6.38. The Balaban J connectivity index is 1.60. The van der Waals surface area contributed by atoms with Crippen LogP contribution in [0, 0.1) is 27.7 Å². The lowest BCUT2D eigenvalue weighted by atomic mass is 9.87. The quantitative estimate of drug-likeness (QED) is 0.158. The predicted molar refractivity (Wildman–Crippen MR) is 170 cm³/mol. The van der Waals surface area contributed by atoms with Crippen LogP contribution in [-0.2, 0) is 12.8 Å². The van der Waals surface area contributed by atoms with Gasteiger partial charge in [0.15, 0.2) is 0 Å². The highest BCUT2D eigenvalue weighted by atomic mass is 31.1. The third-order valence-electron chi connectivity index (χ3n) is 7.13. The molecule has 0 fully saturated rings. The maximum absolute atomic E-state index is 6.38. The summed E-state index contributed by atoms with van der Waals surface area (Å²) < 4.78 is 24.9. The van der Waals surface area contributed by atoms with Crippen molar-refractivity contribution in [1.29, 1.82) is 0 Å². The standard InChI is InChI=1S/C34H40O4P2/c1-8-27-14-10-12-16-31(27)35-39-37-33-24(5)18-22(3)20-29(33)26(7)30-21-23(4)19-25(6)34(30)38-40-36-32-17-13-11-15-28(32)9-2/h10-21,26,39-40H,8-9H2,1-7H3. The van der Waals surface area contributed by atoms with Crippen LogP contribution in [0.25, 0.3) is 0 Å². The van der Waals surface area contributed by atoms with Gasteiger partial charge in [0.25, 0.3) is 18.1 Å². The fourth-order valence-corrected chi connectivity index (χ4v) is 6.46. The van der Waals surface area contributed by atoms with Crippen molar-refractivity contribution < 1.29 is 18.1 Å². The minimum absolute atomic E-state index is 0.0302. The van der Waals surface area contributed by atoms with Gasteiger partial charge in [0, 0.05) is 17.0 Å². The second-order valence-electron chi connectivity index (χ2n) is 10.2. The fraction of sp³-hybridized carbons (Fsp3) is 0.294. The van der Waals surface area contributed by atoms with Crippen LogP contribution in [0.1, 0.15) is 71.2 Å². The topological polar surface area (TPSA) is 36.9 Å². The van der Waals surface area contributed by atoms with Crippen LogP contribution >= 0.6 is 18.1 Å². The summed E-state index contributed by atoms with van der Waals surface area (Å²) >= 11 is 0. The van der Waals surface area contributed by atoms with Crippen molar-refractivity contribution in [2.24, 2.45) is 0 Å². The molecule has 0 heterocycles. The molecule has 0 aliphatic heterocycles. The van der Waals surface area contributed by atoms with Gasteiger partial charge in [-0.15, -0.1) is 0 Å². The first-order chi connectivity index (χ1) is 19.3. The van der Waals surface area contributed by atoms with Gasteiger partial charge in [0.1, 0.15) is 23.0 Å². The Labute approximate surface area is 243 Å². The van der Waals surface area contributed by atoms with E-state index >= 15 is 0 Å². The second kappa shape index (κ2) is 14.0. The van der Waals surface area contributed by atoms with Gasteiger partial charge < -0.3 is 18.1 Å². The molecule has 0 aliphatic carbocycles. The largest absolute Gasteiger partial charge is 0.440 e. The van der Waals surface area contributed by atoms with Crippen LogP contribution in [0.2, 0.25) is 0 Å². The van der Waals surface area contributed by atoms with E-state index in [2.05, 4.69) is 84.9 Å². The Kier molecular flexibility index (Phi) is 10.5. The van der Waals surface area contributed by atoms with Crippen LogP contribution < -0.4 is 18.1 Å². The molecular weight excluding hydrogens is 534 g/mol. The predicted octanol–water partition coefficient (Wildman–Crippen LogP) is 10.1. The summed E-state index contributed by atoms with van der Waals surface area (Å²) in [5.74, 6) is 3.51. The van der Waals surface area contributed by atoms with Gasteiger partial charge in [-0.05, 0) is 74.9 Å². The van der Waals surface area contributed by atoms with E-state index in [0.717, 1.165) is 58.1 Å². The van der Waals surface area contributed by atoms with Crippen LogP contribution in [0.5, 0.6) is 23.0 Å². The van der Waals surface area contributed by atoms with Crippen molar-refractivity contribution in [2.45, 2.75) is 67.2 Å². The molecule has 2 unspecified atom stereocenters. The van der Waals surface area contributed by atoms with Crippen LogP contribution in [0.3, 0.4) is 0 Å². The Bertz CT molecular complexity index is 1340. The zero-order chi connectivity index (χ0) is 28.6. The molecule has 0 spiro atoms. The first kappa shape index (κ1) is 29.9. The molecule has 6 heteroatoms. The Morgan fingerprint density at radius 2 is 0.975 bits per heavy atom. The molecule has 4 nitrogen and oxygen atoms in total. The molecular formula is C34H40O4P2. The first-order valence-corrected chi connectivity index (χ1v) is 15.5. The number of benzene rings is 4. The normalized spacial score (nSPS) is 12.3. The highest BCUT2D eigenvalue weighted by molar-refractivity contribution is 7.27. The van der Waals surface area contributed by atoms with Crippen molar-refractivity contribution in [3.8, 4) is 23.0 Å². The van der Waals surface area contributed by atoms with Crippen LogP contribution in [0.4, 0.5) is 0 Å². The minimum atomic E-state index is -0.148. The molecule has 0 bridgehead atoms. The van der Waals surface area contributed by atoms with Crippen molar-refractivity contribution in [1.82, 2.24) is 0 Å². The number of aryl methyl sites for hydroxylation is 6. The summed E-state index contributed by atoms with van der Waals surface area (Å²) in [6, 6.07) is 25.0. The van der Waals surface area contributed by atoms with E-state index in [0.29, 0.717) is 0 Å². The summed E-state index contributed by atoms with van der Waals surface area (Å²) in [4.78, 5) is 0. The second-order valence-corrected chi connectivity index (χ2v) is 11.4. The minimum Gasteiger partial charge on any atom is -0.440 e. The molecule has 4 aromatic carbocycles. The van der Waals surface area contributed by atoms with Crippen LogP contribution in [0.15, 0.2) is 72.8 Å². The van der Waals surface area contributed by atoms with E-state index in [1.165, 1.54) is 22.3 Å². The molecule has 0 saturated heterocycles. The molecule has 40 heavy (non-hydrogen) atoms. The summed E-state index contributed by atoms with van der Waals surface area (Å²) in [6.45, 7) is 14.9. The molecule has 0 radical (unpaired) electrons. The average Bonchev–Trinajstić information content (AvgIpc) is 2.94. The number of hydrogen-bond acceptors (Lipinski definition) is 4. The first-order valence-electron chi connectivity index (χ1n) is 13.9. The third-order valence-corrected chi connectivity index (χ3v) is 8.31. The Hall–Kier alpha value is -3.06. The van der Waals surface area contributed by atoms with E-state index in [1.54, 1.807) is 0 Å². The summed E-state index contributed by atoms with van der Waals surface area (Å²) in [5, 5.41) is 0. The van der Waals surface area contributed by atoms with Crippen molar-refractivity contribution in [3.05, 3.63) is 117 Å². The van der Waals surface area contributed by atoms with Gasteiger partial charge in [0.2, 0.25) is 0 Å². The van der Waals surface area contributed by atoms with E-state index in [4.69, 9.17) is 18.1 Å². The summed E-state index contributed by atoms with van der Waals surface area (Å²) in [7, 11) is -0.296. The average molecular weight is 575 g/mol. The van der Waals surface area contributed by atoms with E-state index in [-0.39, 0.29) is 24.0 Å². The molecule has 0 N–H and O–H groups in total. The van der Waals surface area contributed by atoms with Gasteiger partial charge in [-0.2, -0.15) is 0 Å². The molecule has 4 rings (SSSR count). The van der Waals surface area contributed by atoms with E-state index in [9.17, 15) is 0 Å². The Morgan fingerprint density at radius 1 is 0.575 bits per heavy atom. The molecule has 2 atom stereocenters. The van der Waals surface area contributed by atoms with Crippen LogP contribution in [-0.4, -0.2) is 0 Å². The number of rotatable bonds is 12. The van der Waals surface area contributed by atoms with Crippen molar-refractivity contribution in [3.63, 3.8) is 0 Å². The highest BCUT2D eigenvalue weighted by Crippen LogP contribution is 2.43. The third kappa shape index (κ3) is 7.17. The monoisotopic (exact) mass is 574 g/mol. The Morgan fingerprint density at radius 3 is 1.38 bits per heavy atom. The van der Waals surface area contributed by atoms with Gasteiger partial charge in [-0.3, -0.25) is 0 Å². The van der Waals surface area contributed by atoms with Gasteiger partial charge in [0.05, 0.1) is 0 Å². The SMILES string of the molecule is CCc1ccccc1OPOc1c(C)cc(C)cc1C(C)c1cc(C)cc(C)c1OPOc1ccccc1CC. The van der Waals surface area contributed by atoms with Crippen molar-refractivity contribution >= 4 is 18.1 Å². The molecule has 0 saturated carbocycles.